The van der Waals surface area contributed by atoms with E-state index in [1.807, 2.05) is 12.1 Å². The van der Waals surface area contributed by atoms with Crippen LogP contribution in [0.4, 0.5) is 11.4 Å². The van der Waals surface area contributed by atoms with Crippen LogP contribution in [0.25, 0.3) is 6.08 Å². The van der Waals surface area contributed by atoms with Crippen LogP contribution in [0.1, 0.15) is 11.1 Å². The molecule has 2 heterocycles. The van der Waals surface area contributed by atoms with E-state index < -0.39 is 4.92 Å². The number of thioether (sulfide) groups is 1. The number of nitro benzene ring substituents is 1. The second kappa shape index (κ2) is 6.60. The molecule has 2 aromatic rings. The Hall–Kier alpha value is -2.80. The van der Waals surface area contributed by atoms with Crippen molar-refractivity contribution in [3.05, 3.63) is 68.6 Å². The average molecular weight is 353 g/mol. The summed E-state index contributed by atoms with van der Waals surface area (Å²) in [5.41, 5.74) is 2.85. The Morgan fingerprint density at radius 3 is 3.04 bits per heavy atom. The van der Waals surface area contributed by atoms with Crippen LogP contribution in [0, 0.1) is 10.1 Å². The lowest BCUT2D eigenvalue weighted by molar-refractivity contribution is -0.383. The van der Waals surface area contributed by atoms with E-state index in [1.165, 1.54) is 23.4 Å². The SMILES string of the molecule is O=[N+]([O-])c1ccccc1NC1=NCC(=Cc2ccc3c(c2)CCO3)S1. The maximum atomic E-state index is 11.1. The number of benzene rings is 2. The summed E-state index contributed by atoms with van der Waals surface area (Å²) >= 11 is 1.50. The largest absolute Gasteiger partial charge is 0.493 e. The van der Waals surface area contributed by atoms with Gasteiger partial charge in [0.2, 0.25) is 0 Å². The Balaban J connectivity index is 1.47. The van der Waals surface area contributed by atoms with E-state index in [-0.39, 0.29) is 5.69 Å². The fourth-order valence-corrected chi connectivity index (χ4v) is 3.68. The van der Waals surface area contributed by atoms with E-state index >= 15 is 0 Å². The molecule has 4 rings (SSSR count). The third-order valence-electron chi connectivity index (χ3n) is 3.99. The maximum Gasteiger partial charge on any atom is 0.292 e. The molecule has 0 aromatic heterocycles. The number of nitrogens with zero attached hydrogens (tertiary/aromatic N) is 2. The molecule has 0 fully saturated rings. The number of anilines is 1. The van der Waals surface area contributed by atoms with Gasteiger partial charge < -0.3 is 10.1 Å². The van der Waals surface area contributed by atoms with Crippen LogP contribution in [0.5, 0.6) is 5.75 Å². The average Bonchev–Trinajstić information content (AvgIpc) is 3.24. The van der Waals surface area contributed by atoms with Crippen molar-refractivity contribution >= 4 is 34.4 Å². The molecule has 6 nitrogen and oxygen atoms in total. The predicted molar refractivity (Wildman–Crippen MR) is 100 cm³/mol. The molecule has 0 amide bonds. The maximum absolute atomic E-state index is 11.1. The van der Waals surface area contributed by atoms with E-state index in [0.717, 1.165) is 29.2 Å². The quantitative estimate of drug-likeness (QED) is 0.664. The van der Waals surface area contributed by atoms with Gasteiger partial charge in [-0.15, -0.1) is 0 Å². The molecular weight excluding hydrogens is 338 g/mol. The molecule has 0 saturated carbocycles. The van der Waals surface area contributed by atoms with Crippen molar-refractivity contribution in [1.82, 2.24) is 0 Å². The van der Waals surface area contributed by atoms with Crippen LogP contribution in [0.2, 0.25) is 0 Å². The summed E-state index contributed by atoms with van der Waals surface area (Å²) in [5, 5.41) is 14.8. The van der Waals surface area contributed by atoms with E-state index in [0.29, 0.717) is 17.4 Å². The first-order valence-corrected chi connectivity index (χ1v) is 8.70. The third-order valence-corrected chi connectivity index (χ3v) is 4.92. The smallest absolute Gasteiger partial charge is 0.292 e. The van der Waals surface area contributed by atoms with Crippen molar-refractivity contribution in [2.24, 2.45) is 4.99 Å². The summed E-state index contributed by atoms with van der Waals surface area (Å²) in [6.45, 7) is 1.32. The van der Waals surface area contributed by atoms with Gasteiger partial charge >= 0.3 is 0 Å². The van der Waals surface area contributed by atoms with Crippen molar-refractivity contribution in [2.75, 3.05) is 18.5 Å². The van der Waals surface area contributed by atoms with Crippen LogP contribution >= 0.6 is 11.8 Å². The van der Waals surface area contributed by atoms with E-state index in [2.05, 4.69) is 22.5 Å². The predicted octanol–water partition coefficient (Wildman–Crippen LogP) is 4.09. The first kappa shape index (κ1) is 15.7. The lowest BCUT2D eigenvalue weighted by atomic mass is 10.1. The Morgan fingerprint density at radius 1 is 1.28 bits per heavy atom. The zero-order valence-corrected chi connectivity index (χ0v) is 14.1. The first-order valence-electron chi connectivity index (χ1n) is 7.88. The van der Waals surface area contributed by atoms with E-state index in [4.69, 9.17) is 4.74 Å². The van der Waals surface area contributed by atoms with Crippen LogP contribution < -0.4 is 10.1 Å². The minimum absolute atomic E-state index is 0.0434. The van der Waals surface area contributed by atoms with Crippen molar-refractivity contribution in [2.45, 2.75) is 6.42 Å². The number of para-hydroxylation sites is 2. The monoisotopic (exact) mass is 353 g/mol. The van der Waals surface area contributed by atoms with Crippen LogP contribution in [0.15, 0.2) is 52.4 Å². The number of hydrogen-bond acceptors (Lipinski definition) is 6. The highest BCUT2D eigenvalue weighted by Crippen LogP contribution is 2.32. The molecule has 0 spiro atoms. The molecule has 0 bridgehead atoms. The number of fused-ring (bicyclic) bond motifs is 1. The number of hydrogen-bond donors (Lipinski definition) is 1. The molecule has 1 N–H and O–H groups in total. The normalized spacial score (nSPS) is 17.1. The van der Waals surface area contributed by atoms with Crippen LogP contribution in [-0.4, -0.2) is 23.2 Å². The minimum Gasteiger partial charge on any atom is -0.493 e. The van der Waals surface area contributed by atoms with E-state index in [1.54, 1.807) is 18.2 Å². The standard InChI is InChI=1S/C18H15N3O3S/c22-21(23)16-4-2-1-3-15(16)20-18-19-11-14(25-18)10-12-5-6-17-13(9-12)7-8-24-17/h1-6,9-10H,7-8,11H2,(H,19,20). The molecule has 126 valence electrons. The highest BCUT2D eigenvalue weighted by molar-refractivity contribution is 8.17. The van der Waals surface area contributed by atoms with Gasteiger partial charge in [-0.1, -0.05) is 30.0 Å². The zero-order chi connectivity index (χ0) is 17.2. The van der Waals surface area contributed by atoms with Gasteiger partial charge in [-0.3, -0.25) is 15.1 Å². The van der Waals surface area contributed by atoms with Gasteiger partial charge in [0, 0.05) is 17.4 Å². The molecule has 0 aliphatic carbocycles. The van der Waals surface area contributed by atoms with Crippen molar-refractivity contribution in [3.63, 3.8) is 0 Å². The number of nitro groups is 1. The second-order valence-electron chi connectivity index (χ2n) is 5.70. The molecule has 2 aliphatic rings. The molecule has 2 aromatic carbocycles. The van der Waals surface area contributed by atoms with Crippen LogP contribution in [-0.2, 0) is 6.42 Å². The lowest BCUT2D eigenvalue weighted by Crippen LogP contribution is -2.06. The molecule has 0 atom stereocenters. The Labute approximate surface area is 148 Å². The molecule has 0 radical (unpaired) electrons. The molecule has 0 saturated heterocycles. The summed E-state index contributed by atoms with van der Waals surface area (Å²) < 4.78 is 5.52. The Bertz CT molecular complexity index is 908. The minimum atomic E-state index is -0.397. The number of rotatable bonds is 3. The topological polar surface area (TPSA) is 76.8 Å². The summed E-state index contributed by atoms with van der Waals surface area (Å²) in [7, 11) is 0. The van der Waals surface area contributed by atoms with Gasteiger partial charge in [0.1, 0.15) is 11.4 Å². The van der Waals surface area contributed by atoms with Gasteiger partial charge in [-0.05, 0) is 35.4 Å². The fourth-order valence-electron chi connectivity index (χ4n) is 2.81. The summed E-state index contributed by atoms with van der Waals surface area (Å²) in [5.74, 6) is 0.969. The molecule has 0 unspecified atom stereocenters. The summed E-state index contributed by atoms with van der Waals surface area (Å²) in [4.78, 5) is 16.2. The molecule has 7 heteroatoms. The van der Waals surface area contributed by atoms with Crippen LogP contribution in [0.3, 0.4) is 0 Å². The van der Waals surface area contributed by atoms with Gasteiger partial charge in [0.15, 0.2) is 5.17 Å². The second-order valence-corrected chi connectivity index (χ2v) is 6.81. The Morgan fingerprint density at radius 2 is 2.16 bits per heavy atom. The highest BCUT2D eigenvalue weighted by atomic mass is 32.2. The van der Waals surface area contributed by atoms with Gasteiger partial charge in [-0.25, -0.2) is 0 Å². The van der Waals surface area contributed by atoms with Gasteiger partial charge in [0.05, 0.1) is 18.1 Å². The number of nitrogens with one attached hydrogen (secondary N) is 1. The highest BCUT2D eigenvalue weighted by Gasteiger charge is 2.18. The molecular formula is C18H15N3O3S. The van der Waals surface area contributed by atoms with Gasteiger partial charge in [0.25, 0.3) is 5.69 Å². The van der Waals surface area contributed by atoms with Crippen molar-refractivity contribution < 1.29 is 9.66 Å². The fraction of sp³-hybridized carbons (Fsp3) is 0.167. The van der Waals surface area contributed by atoms with E-state index in [9.17, 15) is 10.1 Å². The first-order chi connectivity index (χ1) is 12.2. The summed E-state index contributed by atoms with van der Waals surface area (Å²) in [6, 6.07) is 12.8. The summed E-state index contributed by atoms with van der Waals surface area (Å²) in [6.07, 6.45) is 3.04. The number of ether oxygens (including phenoxy) is 1. The Kier molecular flexibility index (Phi) is 4.15. The molecule has 25 heavy (non-hydrogen) atoms. The van der Waals surface area contributed by atoms with Crippen molar-refractivity contribution in [3.8, 4) is 5.75 Å². The molecule has 2 aliphatic heterocycles. The lowest BCUT2D eigenvalue weighted by Gasteiger charge is -2.05. The third kappa shape index (κ3) is 3.36. The van der Waals surface area contributed by atoms with Crippen molar-refractivity contribution in [1.29, 1.82) is 0 Å². The number of amidine groups is 1. The zero-order valence-electron chi connectivity index (χ0n) is 13.3. The van der Waals surface area contributed by atoms with Gasteiger partial charge in [-0.2, -0.15) is 0 Å². The number of aliphatic imine (C=N–C) groups is 1.